The van der Waals surface area contributed by atoms with Gasteiger partial charge in [-0.2, -0.15) is 5.10 Å². The van der Waals surface area contributed by atoms with Crippen molar-refractivity contribution in [2.24, 2.45) is 12.9 Å². The third-order valence-electron chi connectivity index (χ3n) is 3.52. The number of fused-ring (bicyclic) bond motifs is 1. The maximum absolute atomic E-state index is 5.89. The highest BCUT2D eigenvalue weighted by molar-refractivity contribution is 5.77. The minimum Gasteiger partial charge on any atom is -0.459 e. The molecule has 0 saturated carbocycles. The standard InChI is InChI=1S/C15H18N4O/c1-3-11-9-12(19(2)18-11)15(17-16)14-8-10-6-4-5-7-13(10)20-14/h4-9,15,17H,3,16H2,1-2H3. The smallest absolute Gasteiger partial charge is 0.134 e. The summed E-state index contributed by atoms with van der Waals surface area (Å²) in [4.78, 5) is 0. The van der Waals surface area contributed by atoms with Crippen LogP contribution in [0.2, 0.25) is 0 Å². The van der Waals surface area contributed by atoms with Crippen LogP contribution in [-0.2, 0) is 13.5 Å². The van der Waals surface area contributed by atoms with Gasteiger partial charge in [0.15, 0.2) is 0 Å². The molecule has 0 radical (unpaired) electrons. The first-order chi connectivity index (χ1) is 9.72. The average molecular weight is 270 g/mol. The van der Waals surface area contributed by atoms with Crippen LogP contribution in [0.4, 0.5) is 0 Å². The Morgan fingerprint density at radius 2 is 2.15 bits per heavy atom. The van der Waals surface area contributed by atoms with Crippen molar-refractivity contribution in [1.82, 2.24) is 15.2 Å². The lowest BCUT2D eigenvalue weighted by atomic mass is 10.1. The van der Waals surface area contributed by atoms with Crippen molar-refractivity contribution < 1.29 is 4.42 Å². The number of rotatable bonds is 4. The summed E-state index contributed by atoms with van der Waals surface area (Å²) in [6.45, 7) is 2.08. The van der Waals surface area contributed by atoms with Gasteiger partial charge in [-0.15, -0.1) is 0 Å². The summed E-state index contributed by atoms with van der Waals surface area (Å²) in [7, 11) is 1.92. The molecule has 0 amide bonds. The van der Waals surface area contributed by atoms with Gasteiger partial charge in [-0.25, -0.2) is 5.43 Å². The first-order valence-corrected chi connectivity index (χ1v) is 6.70. The largest absolute Gasteiger partial charge is 0.459 e. The van der Waals surface area contributed by atoms with Crippen molar-refractivity contribution >= 4 is 11.0 Å². The van der Waals surface area contributed by atoms with E-state index in [0.29, 0.717) is 0 Å². The summed E-state index contributed by atoms with van der Waals surface area (Å²) in [5.74, 6) is 6.52. The zero-order valence-electron chi connectivity index (χ0n) is 11.6. The minimum atomic E-state index is -0.208. The van der Waals surface area contributed by atoms with Crippen molar-refractivity contribution in [2.75, 3.05) is 0 Å². The van der Waals surface area contributed by atoms with Crippen molar-refractivity contribution in [2.45, 2.75) is 19.4 Å². The first-order valence-electron chi connectivity index (χ1n) is 6.70. The van der Waals surface area contributed by atoms with E-state index >= 15 is 0 Å². The van der Waals surface area contributed by atoms with Gasteiger partial charge in [-0.3, -0.25) is 10.5 Å². The van der Waals surface area contributed by atoms with Crippen LogP contribution >= 0.6 is 0 Å². The fraction of sp³-hybridized carbons (Fsp3) is 0.267. The molecule has 0 bridgehead atoms. The molecule has 1 unspecified atom stereocenters. The van der Waals surface area contributed by atoms with Gasteiger partial charge in [-0.05, 0) is 24.6 Å². The van der Waals surface area contributed by atoms with Gasteiger partial charge < -0.3 is 4.42 Å². The second-order valence-corrected chi connectivity index (χ2v) is 4.82. The number of nitrogens with one attached hydrogen (secondary N) is 1. The first kappa shape index (κ1) is 12.9. The predicted molar refractivity (Wildman–Crippen MR) is 78.0 cm³/mol. The molecule has 3 N–H and O–H groups in total. The summed E-state index contributed by atoms with van der Waals surface area (Å²) < 4.78 is 7.73. The molecule has 0 aliphatic carbocycles. The molecule has 0 spiro atoms. The van der Waals surface area contributed by atoms with E-state index in [2.05, 4.69) is 23.5 Å². The maximum Gasteiger partial charge on any atom is 0.134 e. The van der Waals surface area contributed by atoms with E-state index < -0.39 is 0 Å². The number of benzene rings is 1. The molecule has 0 fully saturated rings. The van der Waals surface area contributed by atoms with Gasteiger partial charge in [0.05, 0.1) is 11.4 Å². The lowest BCUT2D eigenvalue weighted by Gasteiger charge is -2.13. The van der Waals surface area contributed by atoms with Crippen LogP contribution in [0.5, 0.6) is 0 Å². The molecule has 0 saturated heterocycles. The normalized spacial score (nSPS) is 12.9. The van der Waals surface area contributed by atoms with Gasteiger partial charge in [0.25, 0.3) is 0 Å². The molecule has 3 rings (SSSR count). The molecule has 2 aromatic heterocycles. The van der Waals surface area contributed by atoms with E-state index in [1.54, 1.807) is 0 Å². The number of nitrogens with zero attached hydrogens (tertiary/aromatic N) is 2. The van der Waals surface area contributed by atoms with Gasteiger partial charge >= 0.3 is 0 Å². The Morgan fingerprint density at radius 1 is 1.35 bits per heavy atom. The van der Waals surface area contributed by atoms with Gasteiger partial charge in [0.2, 0.25) is 0 Å². The van der Waals surface area contributed by atoms with Crippen molar-refractivity contribution in [3.8, 4) is 0 Å². The fourth-order valence-corrected chi connectivity index (χ4v) is 2.44. The molecule has 1 atom stereocenters. The van der Waals surface area contributed by atoms with E-state index in [-0.39, 0.29) is 6.04 Å². The van der Waals surface area contributed by atoms with Gasteiger partial charge in [-0.1, -0.05) is 25.1 Å². The lowest BCUT2D eigenvalue weighted by molar-refractivity contribution is 0.458. The van der Waals surface area contributed by atoms with Gasteiger partial charge in [0.1, 0.15) is 17.4 Å². The molecule has 0 aliphatic heterocycles. The van der Waals surface area contributed by atoms with Crippen LogP contribution in [-0.4, -0.2) is 9.78 Å². The average Bonchev–Trinajstić information content (AvgIpc) is 3.04. The summed E-state index contributed by atoms with van der Waals surface area (Å²) >= 11 is 0. The molecule has 1 aromatic carbocycles. The highest BCUT2D eigenvalue weighted by Gasteiger charge is 2.21. The summed E-state index contributed by atoms with van der Waals surface area (Å²) in [5, 5.41) is 5.53. The Morgan fingerprint density at radius 3 is 2.80 bits per heavy atom. The Hall–Kier alpha value is -2.11. The zero-order chi connectivity index (χ0) is 14.1. The Bertz CT molecular complexity index is 695. The Balaban J connectivity index is 2.06. The van der Waals surface area contributed by atoms with Crippen molar-refractivity contribution in [3.05, 3.63) is 53.5 Å². The van der Waals surface area contributed by atoms with E-state index in [1.807, 2.05) is 42.1 Å². The quantitative estimate of drug-likeness (QED) is 0.563. The van der Waals surface area contributed by atoms with Crippen LogP contribution < -0.4 is 11.3 Å². The molecule has 104 valence electrons. The van der Waals surface area contributed by atoms with E-state index in [1.165, 1.54) is 0 Å². The number of para-hydroxylation sites is 1. The number of hydrazine groups is 1. The molecule has 20 heavy (non-hydrogen) atoms. The third kappa shape index (κ3) is 2.11. The van der Waals surface area contributed by atoms with Gasteiger partial charge in [0, 0.05) is 12.4 Å². The summed E-state index contributed by atoms with van der Waals surface area (Å²) in [6, 6.07) is 11.8. The number of aryl methyl sites for hydroxylation is 2. The number of furan rings is 1. The Labute approximate surface area is 117 Å². The van der Waals surface area contributed by atoms with Crippen LogP contribution in [0.3, 0.4) is 0 Å². The molecular formula is C15H18N4O. The maximum atomic E-state index is 5.89. The number of hydrogen-bond acceptors (Lipinski definition) is 4. The minimum absolute atomic E-state index is 0.208. The second-order valence-electron chi connectivity index (χ2n) is 4.82. The SMILES string of the molecule is CCc1cc(C(NN)c2cc3ccccc3o2)n(C)n1. The predicted octanol–water partition coefficient (Wildman–Crippen LogP) is 2.28. The monoisotopic (exact) mass is 270 g/mol. The highest BCUT2D eigenvalue weighted by atomic mass is 16.3. The van der Waals surface area contributed by atoms with Crippen LogP contribution in [0.1, 0.15) is 30.1 Å². The van der Waals surface area contributed by atoms with Crippen LogP contribution in [0, 0.1) is 0 Å². The second kappa shape index (κ2) is 5.11. The summed E-state index contributed by atoms with van der Waals surface area (Å²) in [5.41, 5.74) is 5.71. The highest BCUT2D eigenvalue weighted by Crippen LogP contribution is 2.28. The van der Waals surface area contributed by atoms with E-state index in [9.17, 15) is 0 Å². The van der Waals surface area contributed by atoms with Crippen LogP contribution in [0.15, 0.2) is 40.8 Å². The van der Waals surface area contributed by atoms with Crippen LogP contribution in [0.25, 0.3) is 11.0 Å². The molecule has 5 nitrogen and oxygen atoms in total. The Kier molecular flexibility index (Phi) is 3.30. The van der Waals surface area contributed by atoms with E-state index in [4.69, 9.17) is 10.3 Å². The molecule has 0 aliphatic rings. The third-order valence-corrected chi connectivity index (χ3v) is 3.52. The molecule has 2 heterocycles. The number of aromatic nitrogens is 2. The topological polar surface area (TPSA) is 69.0 Å². The zero-order valence-corrected chi connectivity index (χ0v) is 11.6. The number of hydrogen-bond donors (Lipinski definition) is 2. The number of nitrogens with two attached hydrogens (primary N) is 1. The van der Waals surface area contributed by atoms with Crippen molar-refractivity contribution in [1.29, 1.82) is 0 Å². The lowest BCUT2D eigenvalue weighted by Crippen LogP contribution is -2.30. The fourth-order valence-electron chi connectivity index (χ4n) is 2.44. The molecule has 3 aromatic rings. The molecular weight excluding hydrogens is 252 g/mol. The molecule has 5 heteroatoms. The van der Waals surface area contributed by atoms with E-state index in [0.717, 1.165) is 34.5 Å². The van der Waals surface area contributed by atoms with Crippen molar-refractivity contribution in [3.63, 3.8) is 0 Å². The summed E-state index contributed by atoms with van der Waals surface area (Å²) in [6.07, 6.45) is 0.894.